The van der Waals surface area contributed by atoms with Crippen LogP contribution in [-0.2, 0) is 9.59 Å². The zero-order chi connectivity index (χ0) is 13.0. The first-order chi connectivity index (χ1) is 7.91. The summed E-state index contributed by atoms with van der Waals surface area (Å²) in [5, 5.41) is 2.85. The molecule has 1 saturated heterocycles. The molecule has 5 heteroatoms. The molecule has 0 bridgehead atoms. The number of carbonyl (C=O) groups excluding carboxylic acids is 2. The van der Waals surface area contributed by atoms with Crippen molar-refractivity contribution in [3.63, 3.8) is 0 Å². The summed E-state index contributed by atoms with van der Waals surface area (Å²) in [5.41, 5.74) is 5.75. The van der Waals surface area contributed by atoms with E-state index in [1.54, 1.807) is 4.90 Å². The van der Waals surface area contributed by atoms with E-state index in [0.717, 1.165) is 13.0 Å². The van der Waals surface area contributed by atoms with Crippen LogP contribution in [0.2, 0.25) is 0 Å². The van der Waals surface area contributed by atoms with E-state index in [1.807, 2.05) is 20.8 Å². The van der Waals surface area contributed by atoms with Crippen molar-refractivity contribution < 1.29 is 9.59 Å². The van der Waals surface area contributed by atoms with Crippen LogP contribution in [0.5, 0.6) is 0 Å². The van der Waals surface area contributed by atoms with Crippen LogP contribution in [0.25, 0.3) is 0 Å². The Balaban J connectivity index is 2.36. The molecule has 5 nitrogen and oxygen atoms in total. The smallest absolute Gasteiger partial charge is 0.237 e. The molecule has 0 aliphatic carbocycles. The van der Waals surface area contributed by atoms with Crippen molar-refractivity contribution in [3.05, 3.63) is 0 Å². The number of hydrogen-bond donors (Lipinski definition) is 2. The van der Waals surface area contributed by atoms with Crippen molar-refractivity contribution in [2.24, 2.45) is 11.7 Å². The Morgan fingerprint density at radius 2 is 2.12 bits per heavy atom. The molecule has 2 amide bonds. The molecule has 0 aromatic carbocycles. The Kier molecular flexibility index (Phi) is 4.93. The second-order valence-corrected chi connectivity index (χ2v) is 5.12. The Labute approximate surface area is 103 Å². The minimum absolute atomic E-state index is 0.0469. The third-order valence-corrected chi connectivity index (χ3v) is 3.08. The lowest BCUT2D eigenvalue weighted by atomic mass is 10.0. The normalized spacial score (nSPS) is 19.6. The Morgan fingerprint density at radius 1 is 1.47 bits per heavy atom. The van der Waals surface area contributed by atoms with E-state index in [1.165, 1.54) is 0 Å². The van der Waals surface area contributed by atoms with Gasteiger partial charge in [0.05, 0.1) is 6.04 Å². The van der Waals surface area contributed by atoms with Gasteiger partial charge in [-0.05, 0) is 19.3 Å². The van der Waals surface area contributed by atoms with E-state index < -0.39 is 6.04 Å². The topological polar surface area (TPSA) is 75.4 Å². The van der Waals surface area contributed by atoms with Crippen molar-refractivity contribution in [1.82, 2.24) is 10.2 Å². The first kappa shape index (κ1) is 14.0. The predicted octanol–water partition coefficient (Wildman–Crippen LogP) is 0.0968. The summed E-state index contributed by atoms with van der Waals surface area (Å²) in [6.07, 6.45) is 1.55. The standard InChI is InChI=1S/C12H23N3O2/c1-8(2)11(13)12(17)14-9(3)7-15-6-4-5-10(15)16/h8-9,11H,4-7,13H2,1-3H3,(H,14,17). The molecule has 0 saturated carbocycles. The largest absolute Gasteiger partial charge is 0.351 e. The molecular weight excluding hydrogens is 218 g/mol. The highest BCUT2D eigenvalue weighted by Crippen LogP contribution is 2.09. The maximum Gasteiger partial charge on any atom is 0.237 e. The monoisotopic (exact) mass is 241 g/mol. The van der Waals surface area contributed by atoms with Crippen molar-refractivity contribution >= 4 is 11.8 Å². The molecule has 3 N–H and O–H groups in total. The highest BCUT2D eigenvalue weighted by Gasteiger charge is 2.24. The molecule has 1 rings (SSSR count). The number of amides is 2. The second kappa shape index (κ2) is 6.00. The first-order valence-electron chi connectivity index (χ1n) is 6.25. The van der Waals surface area contributed by atoms with Crippen molar-refractivity contribution in [2.75, 3.05) is 13.1 Å². The fourth-order valence-corrected chi connectivity index (χ4v) is 1.92. The zero-order valence-electron chi connectivity index (χ0n) is 10.9. The molecule has 1 aliphatic heterocycles. The number of rotatable bonds is 5. The van der Waals surface area contributed by atoms with Crippen molar-refractivity contribution in [2.45, 2.75) is 45.7 Å². The Morgan fingerprint density at radius 3 is 2.59 bits per heavy atom. The van der Waals surface area contributed by atoms with Gasteiger partial charge in [-0.15, -0.1) is 0 Å². The van der Waals surface area contributed by atoms with Crippen LogP contribution in [-0.4, -0.2) is 41.9 Å². The average molecular weight is 241 g/mol. The van der Waals surface area contributed by atoms with Gasteiger partial charge in [0.15, 0.2) is 0 Å². The summed E-state index contributed by atoms with van der Waals surface area (Å²) in [6.45, 7) is 7.11. The SMILES string of the molecule is CC(CN1CCCC1=O)NC(=O)C(N)C(C)C. The van der Waals surface area contributed by atoms with Crippen LogP contribution in [0.3, 0.4) is 0 Å². The Bertz CT molecular complexity index is 291. The maximum atomic E-state index is 11.7. The van der Waals surface area contributed by atoms with Gasteiger partial charge < -0.3 is 16.0 Å². The molecule has 98 valence electrons. The van der Waals surface area contributed by atoms with Crippen LogP contribution in [0.15, 0.2) is 0 Å². The molecule has 0 aromatic heterocycles. The predicted molar refractivity (Wildman–Crippen MR) is 66.2 cm³/mol. The second-order valence-electron chi connectivity index (χ2n) is 5.12. The molecule has 1 fully saturated rings. The van der Waals surface area contributed by atoms with Gasteiger partial charge in [0, 0.05) is 25.6 Å². The van der Waals surface area contributed by atoms with Crippen LogP contribution < -0.4 is 11.1 Å². The third-order valence-electron chi connectivity index (χ3n) is 3.08. The van der Waals surface area contributed by atoms with Crippen LogP contribution >= 0.6 is 0 Å². The first-order valence-corrected chi connectivity index (χ1v) is 6.25. The fourth-order valence-electron chi connectivity index (χ4n) is 1.92. The zero-order valence-corrected chi connectivity index (χ0v) is 10.9. The lowest BCUT2D eigenvalue weighted by Crippen LogP contribution is -2.50. The summed E-state index contributed by atoms with van der Waals surface area (Å²) in [7, 11) is 0. The number of carbonyl (C=O) groups is 2. The van der Waals surface area contributed by atoms with E-state index >= 15 is 0 Å². The summed E-state index contributed by atoms with van der Waals surface area (Å²) in [6, 6.07) is -0.527. The van der Waals surface area contributed by atoms with Gasteiger partial charge in [-0.3, -0.25) is 9.59 Å². The van der Waals surface area contributed by atoms with Crippen LogP contribution in [0, 0.1) is 5.92 Å². The molecule has 1 aliphatic rings. The number of nitrogens with two attached hydrogens (primary N) is 1. The highest BCUT2D eigenvalue weighted by molar-refractivity contribution is 5.82. The number of nitrogens with one attached hydrogen (secondary N) is 1. The summed E-state index contributed by atoms with van der Waals surface area (Å²) in [4.78, 5) is 24.9. The summed E-state index contributed by atoms with van der Waals surface area (Å²) >= 11 is 0. The summed E-state index contributed by atoms with van der Waals surface area (Å²) < 4.78 is 0. The van der Waals surface area contributed by atoms with Gasteiger partial charge in [0.25, 0.3) is 0 Å². The molecule has 1 heterocycles. The minimum Gasteiger partial charge on any atom is -0.351 e. The third kappa shape index (κ3) is 4.00. The lowest BCUT2D eigenvalue weighted by Gasteiger charge is -2.24. The van der Waals surface area contributed by atoms with E-state index in [9.17, 15) is 9.59 Å². The van der Waals surface area contributed by atoms with Gasteiger partial charge in [-0.2, -0.15) is 0 Å². The van der Waals surface area contributed by atoms with E-state index in [4.69, 9.17) is 5.73 Å². The van der Waals surface area contributed by atoms with Gasteiger partial charge in [0.1, 0.15) is 0 Å². The quantitative estimate of drug-likeness (QED) is 0.716. The number of likely N-dealkylation sites (tertiary alicyclic amines) is 1. The Hall–Kier alpha value is -1.10. The number of nitrogens with zero attached hydrogens (tertiary/aromatic N) is 1. The van der Waals surface area contributed by atoms with Gasteiger partial charge in [0.2, 0.25) is 11.8 Å². The van der Waals surface area contributed by atoms with E-state index in [2.05, 4.69) is 5.32 Å². The van der Waals surface area contributed by atoms with Crippen molar-refractivity contribution in [3.8, 4) is 0 Å². The molecule has 0 aromatic rings. The van der Waals surface area contributed by atoms with Gasteiger partial charge >= 0.3 is 0 Å². The van der Waals surface area contributed by atoms with Gasteiger partial charge in [-0.1, -0.05) is 13.8 Å². The molecule has 0 spiro atoms. The average Bonchev–Trinajstić information content (AvgIpc) is 2.62. The molecule has 2 atom stereocenters. The molecular formula is C12H23N3O2. The molecule has 2 unspecified atom stereocenters. The van der Waals surface area contributed by atoms with Gasteiger partial charge in [-0.25, -0.2) is 0 Å². The lowest BCUT2D eigenvalue weighted by molar-refractivity contribution is -0.129. The number of hydrogen-bond acceptors (Lipinski definition) is 3. The summed E-state index contributed by atoms with van der Waals surface area (Å²) in [5.74, 6) is 0.161. The van der Waals surface area contributed by atoms with Crippen LogP contribution in [0.4, 0.5) is 0 Å². The minimum atomic E-state index is -0.480. The van der Waals surface area contributed by atoms with E-state index in [0.29, 0.717) is 13.0 Å². The van der Waals surface area contributed by atoms with Crippen molar-refractivity contribution in [1.29, 1.82) is 0 Å². The van der Waals surface area contributed by atoms with E-state index in [-0.39, 0.29) is 23.8 Å². The van der Waals surface area contributed by atoms with Crippen LogP contribution in [0.1, 0.15) is 33.6 Å². The molecule has 17 heavy (non-hydrogen) atoms. The maximum absolute atomic E-state index is 11.7. The highest BCUT2D eigenvalue weighted by atomic mass is 16.2. The molecule has 0 radical (unpaired) electrons. The fraction of sp³-hybridized carbons (Fsp3) is 0.833.